The van der Waals surface area contributed by atoms with Crippen LogP contribution in [0.25, 0.3) is 0 Å². The maximum atomic E-state index is 11.8. The minimum atomic E-state index is -1.09. The van der Waals surface area contributed by atoms with Crippen LogP contribution in [0, 0.1) is 11.8 Å². The number of aliphatic carboxylic acids is 1. The summed E-state index contributed by atoms with van der Waals surface area (Å²) in [7, 11) is 0. The maximum absolute atomic E-state index is 11.8. The molecule has 0 saturated carbocycles. The zero-order valence-electron chi connectivity index (χ0n) is 14.3. The van der Waals surface area contributed by atoms with Gasteiger partial charge in [0.15, 0.2) is 6.61 Å². The molecule has 1 atom stereocenters. The van der Waals surface area contributed by atoms with E-state index in [-0.39, 0.29) is 24.3 Å². The van der Waals surface area contributed by atoms with Crippen LogP contribution in [0.2, 0.25) is 0 Å². The first-order valence-electron chi connectivity index (χ1n) is 7.76. The van der Waals surface area contributed by atoms with E-state index in [9.17, 15) is 14.4 Å². The minimum Gasteiger partial charge on any atom is -0.484 e. The predicted octanol–water partition coefficient (Wildman–Crippen LogP) is 1.89. The van der Waals surface area contributed by atoms with Crippen LogP contribution >= 0.6 is 0 Å². The third kappa shape index (κ3) is 6.28. The third-order valence-corrected chi connectivity index (χ3v) is 3.25. The molecule has 0 radical (unpaired) electrons. The van der Waals surface area contributed by atoms with Crippen molar-refractivity contribution in [2.75, 3.05) is 11.9 Å². The highest BCUT2D eigenvalue weighted by atomic mass is 16.5. The average molecular weight is 336 g/mol. The van der Waals surface area contributed by atoms with Crippen LogP contribution in [0.3, 0.4) is 0 Å². The fourth-order valence-electron chi connectivity index (χ4n) is 1.83. The van der Waals surface area contributed by atoms with Gasteiger partial charge in [-0.05, 0) is 18.1 Å². The molecule has 0 aromatic heterocycles. The molecule has 1 rings (SSSR count). The Balaban J connectivity index is 2.59. The highest BCUT2D eigenvalue weighted by Gasteiger charge is 2.23. The van der Waals surface area contributed by atoms with Crippen LogP contribution < -0.4 is 15.4 Å². The minimum absolute atomic E-state index is 0.119. The number of anilines is 1. The number of carbonyl (C=O) groups excluding carboxylic acids is 2. The van der Waals surface area contributed by atoms with Gasteiger partial charge < -0.3 is 20.5 Å². The zero-order chi connectivity index (χ0) is 18.3. The molecule has 7 heteroatoms. The van der Waals surface area contributed by atoms with E-state index in [0.717, 1.165) is 0 Å². The molecule has 3 N–H and O–H groups in total. The van der Waals surface area contributed by atoms with E-state index >= 15 is 0 Å². The van der Waals surface area contributed by atoms with Crippen molar-refractivity contribution < 1.29 is 24.2 Å². The van der Waals surface area contributed by atoms with Crippen molar-refractivity contribution in [3.63, 3.8) is 0 Å². The Kier molecular flexibility index (Phi) is 7.23. The molecule has 1 aromatic rings. The number of benzene rings is 1. The van der Waals surface area contributed by atoms with Crippen LogP contribution in [0.5, 0.6) is 5.75 Å². The van der Waals surface area contributed by atoms with E-state index in [2.05, 4.69) is 10.6 Å². The number of carboxylic acid groups (broad SMARTS) is 1. The molecular formula is C17H24N2O5. The second kappa shape index (κ2) is 8.90. The van der Waals surface area contributed by atoms with Crippen molar-refractivity contribution in [1.82, 2.24) is 5.32 Å². The summed E-state index contributed by atoms with van der Waals surface area (Å²) in [6.07, 6.45) is 0. The van der Waals surface area contributed by atoms with Crippen LogP contribution in [-0.2, 0) is 14.4 Å². The Morgan fingerprint density at radius 2 is 1.83 bits per heavy atom. The topological polar surface area (TPSA) is 105 Å². The van der Waals surface area contributed by atoms with Crippen molar-refractivity contribution in [3.05, 3.63) is 24.3 Å². The van der Waals surface area contributed by atoms with Gasteiger partial charge in [-0.25, -0.2) is 4.79 Å². The molecule has 0 aliphatic carbocycles. The quantitative estimate of drug-likeness (QED) is 0.672. The van der Waals surface area contributed by atoms with E-state index in [1.165, 1.54) is 0 Å². The average Bonchev–Trinajstić information content (AvgIpc) is 2.50. The Morgan fingerprint density at radius 3 is 2.38 bits per heavy atom. The number of rotatable bonds is 8. The number of amides is 2. The molecule has 0 saturated heterocycles. The lowest BCUT2D eigenvalue weighted by Gasteiger charge is -2.18. The second-order valence-corrected chi connectivity index (χ2v) is 6.09. The van der Waals surface area contributed by atoms with Gasteiger partial charge in [0.05, 0.1) is 0 Å². The molecule has 0 aliphatic rings. The Bertz CT molecular complexity index is 598. The van der Waals surface area contributed by atoms with E-state index in [0.29, 0.717) is 11.4 Å². The zero-order valence-corrected chi connectivity index (χ0v) is 14.3. The maximum Gasteiger partial charge on any atom is 0.326 e. The van der Waals surface area contributed by atoms with Crippen molar-refractivity contribution in [3.8, 4) is 5.75 Å². The fraction of sp³-hybridized carbons (Fsp3) is 0.471. The van der Waals surface area contributed by atoms with Gasteiger partial charge >= 0.3 is 5.97 Å². The first-order valence-corrected chi connectivity index (χ1v) is 7.76. The predicted molar refractivity (Wildman–Crippen MR) is 89.8 cm³/mol. The van der Waals surface area contributed by atoms with Crippen LogP contribution in [0.15, 0.2) is 24.3 Å². The highest BCUT2D eigenvalue weighted by Crippen LogP contribution is 2.18. The van der Waals surface area contributed by atoms with Gasteiger partial charge in [-0.15, -0.1) is 0 Å². The molecular weight excluding hydrogens is 312 g/mol. The van der Waals surface area contributed by atoms with Gasteiger partial charge in [0.25, 0.3) is 5.91 Å². The fourth-order valence-corrected chi connectivity index (χ4v) is 1.83. The van der Waals surface area contributed by atoms with Crippen molar-refractivity contribution in [2.45, 2.75) is 33.7 Å². The Labute approximate surface area is 141 Å². The lowest BCUT2D eigenvalue weighted by atomic mass is 10.1. The smallest absolute Gasteiger partial charge is 0.326 e. The van der Waals surface area contributed by atoms with Crippen LogP contribution in [-0.4, -0.2) is 35.5 Å². The highest BCUT2D eigenvalue weighted by molar-refractivity contribution is 5.92. The van der Waals surface area contributed by atoms with E-state index in [1.807, 2.05) is 0 Å². The van der Waals surface area contributed by atoms with Crippen LogP contribution in [0.4, 0.5) is 5.69 Å². The summed E-state index contributed by atoms with van der Waals surface area (Å²) in [5, 5.41) is 14.2. The first-order chi connectivity index (χ1) is 11.2. The van der Waals surface area contributed by atoms with E-state index < -0.39 is 17.9 Å². The second-order valence-electron chi connectivity index (χ2n) is 6.09. The van der Waals surface area contributed by atoms with Gasteiger partial charge in [0.2, 0.25) is 5.91 Å². The molecule has 0 bridgehead atoms. The summed E-state index contributed by atoms with van der Waals surface area (Å²) in [5.41, 5.74) is 0.567. The molecule has 24 heavy (non-hydrogen) atoms. The molecule has 0 fully saturated rings. The molecule has 0 aliphatic heterocycles. The third-order valence-electron chi connectivity index (χ3n) is 3.25. The lowest BCUT2D eigenvalue weighted by Crippen LogP contribution is -2.46. The van der Waals surface area contributed by atoms with Crippen LogP contribution in [0.1, 0.15) is 27.7 Å². The van der Waals surface area contributed by atoms with Gasteiger partial charge in [0, 0.05) is 17.7 Å². The first kappa shape index (κ1) is 19.5. The molecule has 1 unspecified atom stereocenters. The van der Waals surface area contributed by atoms with Gasteiger partial charge in [-0.1, -0.05) is 33.8 Å². The SMILES string of the molecule is CC(C)C(=O)Nc1cccc(OCC(=O)NC(C(=O)O)C(C)C)c1. The van der Waals surface area contributed by atoms with Crippen molar-refractivity contribution in [2.24, 2.45) is 11.8 Å². The summed E-state index contributed by atoms with van der Waals surface area (Å²) >= 11 is 0. The monoisotopic (exact) mass is 336 g/mol. The molecule has 132 valence electrons. The number of nitrogens with one attached hydrogen (secondary N) is 2. The summed E-state index contributed by atoms with van der Waals surface area (Å²) in [5.74, 6) is -1.70. The van der Waals surface area contributed by atoms with Crippen molar-refractivity contribution in [1.29, 1.82) is 0 Å². The molecule has 2 amide bonds. The summed E-state index contributed by atoms with van der Waals surface area (Å²) in [6, 6.07) is 5.70. The summed E-state index contributed by atoms with van der Waals surface area (Å²) in [6.45, 7) is 6.68. The Morgan fingerprint density at radius 1 is 1.17 bits per heavy atom. The van der Waals surface area contributed by atoms with Gasteiger partial charge in [-0.2, -0.15) is 0 Å². The van der Waals surface area contributed by atoms with Gasteiger partial charge in [-0.3, -0.25) is 9.59 Å². The largest absolute Gasteiger partial charge is 0.484 e. The van der Waals surface area contributed by atoms with Crippen molar-refractivity contribution >= 4 is 23.5 Å². The number of carboxylic acids is 1. The standard InChI is InChI=1S/C17H24N2O5/c1-10(2)15(17(22)23)19-14(20)9-24-13-7-5-6-12(8-13)18-16(21)11(3)4/h5-8,10-11,15H,9H2,1-4H3,(H,18,21)(H,19,20)(H,22,23). The number of hydrogen-bond donors (Lipinski definition) is 3. The molecule has 1 aromatic carbocycles. The van der Waals surface area contributed by atoms with E-state index in [1.54, 1.807) is 52.0 Å². The normalized spacial score (nSPS) is 11.9. The molecule has 0 spiro atoms. The number of ether oxygens (including phenoxy) is 1. The summed E-state index contributed by atoms with van der Waals surface area (Å²) in [4.78, 5) is 34.5. The summed E-state index contributed by atoms with van der Waals surface area (Å²) < 4.78 is 5.35. The lowest BCUT2D eigenvalue weighted by molar-refractivity contribution is -0.143. The van der Waals surface area contributed by atoms with Gasteiger partial charge in [0.1, 0.15) is 11.8 Å². The molecule has 0 heterocycles. The molecule has 7 nitrogen and oxygen atoms in total. The number of hydrogen-bond acceptors (Lipinski definition) is 4. The van der Waals surface area contributed by atoms with E-state index in [4.69, 9.17) is 9.84 Å². The number of carbonyl (C=O) groups is 3. The Hall–Kier alpha value is -2.57.